The quantitative estimate of drug-likeness (QED) is 0.661. The second-order valence-corrected chi connectivity index (χ2v) is 9.53. The van der Waals surface area contributed by atoms with Crippen LogP contribution in [0.2, 0.25) is 0 Å². The number of likely N-dealkylation sites (tertiary alicyclic amines) is 1. The first-order chi connectivity index (χ1) is 15.9. The molecule has 2 aromatic carbocycles. The van der Waals surface area contributed by atoms with E-state index in [-0.39, 0.29) is 5.91 Å². The molecule has 0 aliphatic carbocycles. The molecule has 2 aromatic rings. The molecule has 0 unspecified atom stereocenters. The Balaban J connectivity index is 1.63. The highest BCUT2D eigenvalue weighted by Crippen LogP contribution is 2.48. The van der Waals surface area contributed by atoms with Crippen molar-refractivity contribution in [3.8, 4) is 11.5 Å². The Morgan fingerprint density at radius 2 is 1.61 bits per heavy atom. The van der Waals surface area contributed by atoms with Crippen molar-refractivity contribution >= 4 is 28.6 Å². The van der Waals surface area contributed by atoms with Crippen LogP contribution in [0.4, 0.5) is 11.4 Å². The molecule has 3 heterocycles. The highest BCUT2D eigenvalue weighted by molar-refractivity contribution is 6.55. The summed E-state index contributed by atoms with van der Waals surface area (Å²) in [6.07, 6.45) is 6.05. The maximum absolute atomic E-state index is 13.7. The Morgan fingerprint density at radius 1 is 0.939 bits per heavy atom. The third-order valence-electron chi connectivity index (χ3n) is 6.81. The Bertz CT molecular complexity index is 1140. The third kappa shape index (κ3) is 3.82. The molecule has 33 heavy (non-hydrogen) atoms. The summed E-state index contributed by atoms with van der Waals surface area (Å²) in [6, 6.07) is 11.5. The standard InChI is InChI=1S/C27H31N3O3/c1-27(2)16-18(17-29-12-6-5-7-13-29)22-14-21(33-4)15-23-24(26(31)30(27)25(22)23)28-19-8-10-20(32-3)11-9-19/h8-11,14-16H,5-7,12-13,17H2,1-4H3. The van der Waals surface area contributed by atoms with Crippen LogP contribution < -0.4 is 14.4 Å². The van der Waals surface area contributed by atoms with E-state index >= 15 is 0 Å². The molecular formula is C27H31N3O3. The van der Waals surface area contributed by atoms with Crippen LogP contribution in [0.5, 0.6) is 11.5 Å². The lowest BCUT2D eigenvalue weighted by molar-refractivity contribution is -0.112. The Kier molecular flexibility index (Phi) is 5.49. The van der Waals surface area contributed by atoms with Crippen molar-refractivity contribution in [3.63, 3.8) is 0 Å². The molecular weight excluding hydrogens is 414 g/mol. The second kappa shape index (κ2) is 8.34. The number of aliphatic imine (C=N–C) groups is 1. The number of hydrogen-bond acceptors (Lipinski definition) is 5. The number of amides is 1. The summed E-state index contributed by atoms with van der Waals surface area (Å²) in [6.45, 7) is 7.34. The molecule has 6 heteroatoms. The van der Waals surface area contributed by atoms with Crippen molar-refractivity contribution in [1.29, 1.82) is 0 Å². The number of methoxy groups -OCH3 is 2. The lowest BCUT2D eigenvalue weighted by atomic mass is 9.87. The van der Waals surface area contributed by atoms with Crippen LogP contribution in [0.25, 0.3) is 5.57 Å². The highest BCUT2D eigenvalue weighted by atomic mass is 16.5. The number of carbonyl (C=O) groups is 1. The normalized spacial score (nSPS) is 20.6. The van der Waals surface area contributed by atoms with Crippen LogP contribution in [-0.2, 0) is 4.79 Å². The van der Waals surface area contributed by atoms with Gasteiger partial charge in [-0.15, -0.1) is 0 Å². The van der Waals surface area contributed by atoms with Crippen molar-refractivity contribution in [2.24, 2.45) is 4.99 Å². The summed E-state index contributed by atoms with van der Waals surface area (Å²) >= 11 is 0. The second-order valence-electron chi connectivity index (χ2n) is 9.53. The van der Waals surface area contributed by atoms with Gasteiger partial charge in [0.25, 0.3) is 5.91 Å². The zero-order chi connectivity index (χ0) is 23.2. The summed E-state index contributed by atoms with van der Waals surface area (Å²) in [7, 11) is 3.31. The number of rotatable bonds is 5. The first-order valence-electron chi connectivity index (χ1n) is 11.7. The van der Waals surface area contributed by atoms with Crippen molar-refractivity contribution in [2.75, 3.05) is 38.8 Å². The zero-order valence-corrected chi connectivity index (χ0v) is 19.9. The molecule has 1 amide bonds. The summed E-state index contributed by atoms with van der Waals surface area (Å²) in [5.41, 5.74) is 4.84. The van der Waals surface area contributed by atoms with E-state index in [4.69, 9.17) is 14.5 Å². The van der Waals surface area contributed by atoms with Gasteiger partial charge in [0.1, 0.15) is 17.2 Å². The fourth-order valence-corrected chi connectivity index (χ4v) is 5.22. The first kappa shape index (κ1) is 21.7. The highest BCUT2D eigenvalue weighted by Gasteiger charge is 2.46. The molecule has 5 rings (SSSR count). The van der Waals surface area contributed by atoms with Crippen LogP contribution in [-0.4, -0.2) is 55.9 Å². The SMILES string of the molecule is COc1ccc(N=C2C(=O)N3c4c(cc(OC)cc42)C(CN2CCCCC2)=CC3(C)C)cc1. The number of ether oxygens (including phenoxy) is 2. The molecule has 0 atom stereocenters. The van der Waals surface area contributed by atoms with Gasteiger partial charge in [0.2, 0.25) is 0 Å². The molecule has 3 aliphatic heterocycles. The van der Waals surface area contributed by atoms with Gasteiger partial charge in [0.05, 0.1) is 31.1 Å². The van der Waals surface area contributed by atoms with Gasteiger partial charge in [-0.1, -0.05) is 12.5 Å². The minimum atomic E-state index is -0.449. The van der Waals surface area contributed by atoms with Crippen molar-refractivity contribution in [2.45, 2.75) is 38.6 Å². The van der Waals surface area contributed by atoms with Gasteiger partial charge in [-0.2, -0.15) is 0 Å². The van der Waals surface area contributed by atoms with E-state index in [0.717, 1.165) is 53.6 Å². The first-order valence-corrected chi connectivity index (χ1v) is 11.7. The maximum atomic E-state index is 13.7. The van der Waals surface area contributed by atoms with Gasteiger partial charge < -0.3 is 9.47 Å². The van der Waals surface area contributed by atoms with Crippen LogP contribution >= 0.6 is 0 Å². The lowest BCUT2D eigenvalue weighted by Crippen LogP contribution is -2.48. The predicted molar refractivity (Wildman–Crippen MR) is 132 cm³/mol. The van der Waals surface area contributed by atoms with Crippen LogP contribution in [0, 0.1) is 0 Å². The number of nitrogens with zero attached hydrogens (tertiary/aromatic N) is 3. The number of benzene rings is 2. The Morgan fingerprint density at radius 3 is 2.27 bits per heavy atom. The molecule has 0 bridgehead atoms. The number of hydrogen-bond donors (Lipinski definition) is 0. The summed E-state index contributed by atoms with van der Waals surface area (Å²) in [5.74, 6) is 1.42. The minimum Gasteiger partial charge on any atom is -0.497 e. The topological polar surface area (TPSA) is 54.4 Å². The van der Waals surface area contributed by atoms with Gasteiger partial charge in [-0.25, -0.2) is 4.99 Å². The molecule has 1 fully saturated rings. The predicted octanol–water partition coefficient (Wildman–Crippen LogP) is 4.83. The van der Waals surface area contributed by atoms with E-state index in [1.165, 1.54) is 24.8 Å². The molecule has 0 N–H and O–H groups in total. The van der Waals surface area contributed by atoms with Crippen molar-refractivity contribution < 1.29 is 14.3 Å². The van der Waals surface area contributed by atoms with Crippen molar-refractivity contribution in [3.05, 3.63) is 53.6 Å². The molecule has 0 saturated carbocycles. The largest absolute Gasteiger partial charge is 0.497 e. The lowest BCUT2D eigenvalue weighted by Gasteiger charge is -2.40. The fourth-order valence-electron chi connectivity index (χ4n) is 5.22. The average Bonchev–Trinajstić information content (AvgIpc) is 3.10. The third-order valence-corrected chi connectivity index (χ3v) is 6.81. The number of piperidine rings is 1. The monoisotopic (exact) mass is 445 g/mol. The van der Waals surface area contributed by atoms with Crippen LogP contribution in [0.1, 0.15) is 44.2 Å². The van der Waals surface area contributed by atoms with Gasteiger partial charge in [-0.3, -0.25) is 14.6 Å². The van der Waals surface area contributed by atoms with E-state index in [1.807, 2.05) is 35.2 Å². The summed E-state index contributed by atoms with van der Waals surface area (Å²) in [5, 5.41) is 0. The average molecular weight is 446 g/mol. The summed E-state index contributed by atoms with van der Waals surface area (Å²) in [4.78, 5) is 22.9. The zero-order valence-electron chi connectivity index (χ0n) is 19.9. The molecule has 6 nitrogen and oxygen atoms in total. The van der Waals surface area contributed by atoms with Crippen LogP contribution in [0.3, 0.4) is 0 Å². The molecule has 0 aromatic heterocycles. The van der Waals surface area contributed by atoms with E-state index in [9.17, 15) is 4.79 Å². The Labute approximate surface area is 195 Å². The molecule has 0 radical (unpaired) electrons. The minimum absolute atomic E-state index is 0.0754. The number of carbonyl (C=O) groups excluding carboxylic acids is 1. The maximum Gasteiger partial charge on any atom is 0.278 e. The van der Waals surface area contributed by atoms with E-state index in [1.54, 1.807) is 14.2 Å². The van der Waals surface area contributed by atoms with Gasteiger partial charge >= 0.3 is 0 Å². The van der Waals surface area contributed by atoms with E-state index in [0.29, 0.717) is 5.71 Å². The fraction of sp³-hybridized carbons (Fsp3) is 0.407. The van der Waals surface area contributed by atoms with E-state index < -0.39 is 5.54 Å². The molecule has 0 spiro atoms. The van der Waals surface area contributed by atoms with E-state index in [2.05, 4.69) is 30.9 Å². The van der Waals surface area contributed by atoms with Crippen LogP contribution in [0.15, 0.2) is 47.5 Å². The smallest absolute Gasteiger partial charge is 0.278 e. The molecule has 3 aliphatic rings. The van der Waals surface area contributed by atoms with Gasteiger partial charge in [0.15, 0.2) is 0 Å². The Hall–Kier alpha value is -3.12. The number of anilines is 1. The van der Waals surface area contributed by atoms with Gasteiger partial charge in [-0.05, 0) is 81.7 Å². The molecule has 172 valence electrons. The molecule has 1 saturated heterocycles. The van der Waals surface area contributed by atoms with Crippen molar-refractivity contribution in [1.82, 2.24) is 4.90 Å². The summed E-state index contributed by atoms with van der Waals surface area (Å²) < 4.78 is 10.9. The van der Waals surface area contributed by atoms with Gasteiger partial charge in [0, 0.05) is 17.7 Å².